The second kappa shape index (κ2) is 5.25. The van der Waals surface area contributed by atoms with E-state index in [4.69, 9.17) is 11.5 Å². The highest BCUT2D eigenvalue weighted by Crippen LogP contribution is 2.26. The van der Waals surface area contributed by atoms with Crippen molar-refractivity contribution >= 4 is 17.3 Å². The first kappa shape index (κ1) is 12.0. The van der Waals surface area contributed by atoms with Crippen LogP contribution in [-0.2, 0) is 0 Å². The number of nitrogens with zero attached hydrogens (tertiary/aromatic N) is 1. The molecule has 0 aromatic carbocycles. The van der Waals surface area contributed by atoms with E-state index < -0.39 is 0 Å². The maximum absolute atomic E-state index is 5.72. The molecule has 1 aliphatic carbocycles. The Balaban J connectivity index is 2.05. The van der Waals surface area contributed by atoms with Crippen LogP contribution in [0, 0.1) is 5.92 Å². The van der Waals surface area contributed by atoms with Crippen molar-refractivity contribution < 1.29 is 0 Å². The van der Waals surface area contributed by atoms with Gasteiger partial charge in [-0.3, -0.25) is 0 Å². The van der Waals surface area contributed by atoms with E-state index in [2.05, 4.69) is 17.2 Å². The molecule has 1 heterocycles. The zero-order valence-electron chi connectivity index (χ0n) is 10.4. The monoisotopic (exact) mass is 234 g/mol. The van der Waals surface area contributed by atoms with E-state index in [-0.39, 0.29) is 0 Å². The summed E-state index contributed by atoms with van der Waals surface area (Å²) >= 11 is 0. The van der Waals surface area contributed by atoms with Crippen molar-refractivity contribution in [3.05, 3.63) is 12.1 Å². The summed E-state index contributed by atoms with van der Waals surface area (Å²) in [4.78, 5) is 4.27. The molecular weight excluding hydrogens is 212 g/mol. The lowest BCUT2D eigenvalue weighted by molar-refractivity contribution is 0.456. The molecular formula is C13H22N4. The lowest BCUT2D eigenvalue weighted by Crippen LogP contribution is -2.26. The largest absolute Gasteiger partial charge is 0.396 e. The van der Waals surface area contributed by atoms with Gasteiger partial charge in [0.1, 0.15) is 11.6 Å². The van der Waals surface area contributed by atoms with Gasteiger partial charge in [0.15, 0.2) is 0 Å². The highest BCUT2D eigenvalue weighted by atomic mass is 15.0. The zero-order chi connectivity index (χ0) is 12.3. The SMILES string of the molecule is CC1CCCCCC1Nc1ccc(N)c(N)n1. The van der Waals surface area contributed by atoms with Crippen molar-refractivity contribution in [1.29, 1.82) is 0 Å². The number of nitrogens with one attached hydrogen (secondary N) is 1. The Hall–Kier alpha value is -1.45. The van der Waals surface area contributed by atoms with E-state index >= 15 is 0 Å². The van der Waals surface area contributed by atoms with Gasteiger partial charge >= 0.3 is 0 Å². The molecule has 0 saturated heterocycles. The Morgan fingerprint density at radius 1 is 1.18 bits per heavy atom. The van der Waals surface area contributed by atoms with Crippen LogP contribution in [0.4, 0.5) is 17.3 Å². The summed E-state index contributed by atoms with van der Waals surface area (Å²) in [5, 5.41) is 3.49. The molecule has 1 aliphatic rings. The van der Waals surface area contributed by atoms with Crippen LogP contribution in [0.25, 0.3) is 0 Å². The standard InChI is InChI=1S/C13H22N4/c1-9-5-3-2-4-6-11(9)16-12-8-7-10(14)13(15)17-12/h7-9,11H,2-6,14H2,1H3,(H3,15,16,17). The minimum absolute atomic E-state index is 0.413. The Morgan fingerprint density at radius 3 is 2.71 bits per heavy atom. The number of hydrogen-bond acceptors (Lipinski definition) is 4. The lowest BCUT2D eigenvalue weighted by Gasteiger charge is -2.23. The fourth-order valence-electron chi connectivity index (χ4n) is 2.46. The molecule has 1 aromatic heterocycles. The van der Waals surface area contributed by atoms with Gasteiger partial charge in [0.25, 0.3) is 0 Å². The number of aromatic nitrogens is 1. The third-order valence-corrected chi connectivity index (χ3v) is 3.65. The molecule has 4 nitrogen and oxygen atoms in total. The number of rotatable bonds is 2. The summed E-state index contributed by atoms with van der Waals surface area (Å²) in [6.45, 7) is 2.31. The van der Waals surface area contributed by atoms with Crippen molar-refractivity contribution in [2.75, 3.05) is 16.8 Å². The summed E-state index contributed by atoms with van der Waals surface area (Å²) in [7, 11) is 0. The average molecular weight is 234 g/mol. The Kier molecular flexibility index (Phi) is 3.71. The van der Waals surface area contributed by atoms with Crippen molar-refractivity contribution in [3.8, 4) is 0 Å². The van der Waals surface area contributed by atoms with E-state index in [1.807, 2.05) is 12.1 Å². The molecule has 1 fully saturated rings. The summed E-state index contributed by atoms with van der Waals surface area (Å²) < 4.78 is 0. The topological polar surface area (TPSA) is 77.0 Å². The zero-order valence-corrected chi connectivity index (χ0v) is 10.4. The first-order valence-corrected chi connectivity index (χ1v) is 6.45. The van der Waals surface area contributed by atoms with Crippen molar-refractivity contribution in [3.63, 3.8) is 0 Å². The summed E-state index contributed by atoms with van der Waals surface area (Å²) in [5.74, 6) is 1.95. The number of nitrogens with two attached hydrogens (primary N) is 2. The minimum Gasteiger partial charge on any atom is -0.396 e. The molecule has 2 unspecified atom stereocenters. The first-order valence-electron chi connectivity index (χ1n) is 6.45. The summed E-state index contributed by atoms with van der Waals surface area (Å²) in [6.07, 6.45) is 6.50. The third kappa shape index (κ3) is 3.02. The minimum atomic E-state index is 0.413. The maximum atomic E-state index is 5.72. The van der Waals surface area contributed by atoms with Gasteiger partial charge in [-0.1, -0.05) is 26.2 Å². The smallest absolute Gasteiger partial charge is 0.149 e. The van der Waals surface area contributed by atoms with Gasteiger partial charge in [0.2, 0.25) is 0 Å². The van der Waals surface area contributed by atoms with E-state index in [0.29, 0.717) is 23.5 Å². The van der Waals surface area contributed by atoms with Crippen LogP contribution < -0.4 is 16.8 Å². The molecule has 0 bridgehead atoms. The fraction of sp³-hybridized carbons (Fsp3) is 0.615. The molecule has 1 saturated carbocycles. The van der Waals surface area contributed by atoms with Gasteiger partial charge in [0.05, 0.1) is 5.69 Å². The van der Waals surface area contributed by atoms with Crippen LogP contribution in [0.15, 0.2) is 12.1 Å². The molecule has 0 aliphatic heterocycles. The van der Waals surface area contributed by atoms with Gasteiger partial charge in [-0.15, -0.1) is 0 Å². The second-order valence-electron chi connectivity index (χ2n) is 5.04. The Bertz CT molecular complexity index is 378. The van der Waals surface area contributed by atoms with E-state index in [0.717, 1.165) is 5.82 Å². The average Bonchev–Trinajstić information content (AvgIpc) is 2.50. The maximum Gasteiger partial charge on any atom is 0.149 e. The summed E-state index contributed by atoms with van der Waals surface area (Å²) in [6, 6.07) is 4.23. The van der Waals surface area contributed by atoms with E-state index in [1.54, 1.807) is 0 Å². The van der Waals surface area contributed by atoms with Crippen LogP contribution in [-0.4, -0.2) is 11.0 Å². The van der Waals surface area contributed by atoms with Crippen LogP contribution in [0.1, 0.15) is 39.0 Å². The molecule has 0 amide bonds. The summed E-state index contributed by atoms with van der Waals surface area (Å²) in [5.41, 5.74) is 11.9. The normalized spacial score (nSPS) is 25.2. The van der Waals surface area contributed by atoms with Gasteiger partial charge in [0, 0.05) is 6.04 Å². The Morgan fingerprint density at radius 2 is 1.94 bits per heavy atom. The third-order valence-electron chi connectivity index (χ3n) is 3.65. The predicted octanol–water partition coefficient (Wildman–Crippen LogP) is 2.63. The Labute approximate surface area is 103 Å². The van der Waals surface area contributed by atoms with Crippen LogP contribution in [0.5, 0.6) is 0 Å². The highest BCUT2D eigenvalue weighted by Gasteiger charge is 2.19. The fourth-order valence-corrected chi connectivity index (χ4v) is 2.46. The lowest BCUT2D eigenvalue weighted by atomic mass is 9.97. The van der Waals surface area contributed by atoms with Gasteiger partial charge in [-0.05, 0) is 30.9 Å². The number of pyridine rings is 1. The molecule has 1 aromatic rings. The first-order chi connectivity index (χ1) is 8.16. The quantitative estimate of drug-likeness (QED) is 0.687. The second-order valence-corrected chi connectivity index (χ2v) is 5.04. The van der Waals surface area contributed by atoms with Crippen molar-refractivity contribution in [2.24, 2.45) is 5.92 Å². The molecule has 2 rings (SSSR count). The van der Waals surface area contributed by atoms with Crippen LogP contribution in [0.2, 0.25) is 0 Å². The van der Waals surface area contributed by atoms with Gasteiger partial charge in [-0.25, -0.2) is 4.98 Å². The molecule has 2 atom stereocenters. The molecule has 94 valence electrons. The van der Waals surface area contributed by atoms with E-state index in [1.165, 1.54) is 32.1 Å². The number of anilines is 3. The number of nitrogen functional groups attached to an aromatic ring is 2. The molecule has 4 heteroatoms. The van der Waals surface area contributed by atoms with Gasteiger partial charge in [-0.2, -0.15) is 0 Å². The van der Waals surface area contributed by atoms with Gasteiger partial charge < -0.3 is 16.8 Å². The van der Waals surface area contributed by atoms with Crippen LogP contribution >= 0.6 is 0 Å². The van der Waals surface area contributed by atoms with E-state index in [9.17, 15) is 0 Å². The van der Waals surface area contributed by atoms with Crippen LogP contribution in [0.3, 0.4) is 0 Å². The van der Waals surface area contributed by atoms with Crippen molar-refractivity contribution in [2.45, 2.75) is 45.1 Å². The highest BCUT2D eigenvalue weighted by molar-refractivity contribution is 5.61. The number of hydrogen-bond donors (Lipinski definition) is 3. The predicted molar refractivity (Wildman–Crippen MR) is 72.7 cm³/mol. The molecule has 5 N–H and O–H groups in total. The molecule has 0 spiro atoms. The van der Waals surface area contributed by atoms with Crippen molar-refractivity contribution in [1.82, 2.24) is 4.98 Å². The molecule has 17 heavy (non-hydrogen) atoms. The molecule has 0 radical (unpaired) electrons.